The first-order valence-corrected chi connectivity index (χ1v) is 4.21. The molecule has 1 heterocycles. The summed E-state index contributed by atoms with van der Waals surface area (Å²) >= 11 is 0. The van der Waals surface area contributed by atoms with Crippen molar-refractivity contribution < 1.29 is 0 Å². The van der Waals surface area contributed by atoms with Crippen molar-refractivity contribution in [3.63, 3.8) is 0 Å². The summed E-state index contributed by atoms with van der Waals surface area (Å²) in [5.41, 5.74) is 0.396. The second kappa shape index (κ2) is 3.35. The smallest absolute Gasteiger partial charge is 0.287 e. The van der Waals surface area contributed by atoms with Gasteiger partial charge in [-0.1, -0.05) is 24.1 Å². The molecule has 0 aliphatic carbocycles. The first-order chi connectivity index (χ1) is 6.81. The van der Waals surface area contributed by atoms with E-state index in [1.165, 1.54) is 4.57 Å². The van der Waals surface area contributed by atoms with E-state index in [1.807, 2.05) is 18.2 Å². The Kier molecular flexibility index (Phi) is 2.04. The Labute approximate surface area is 81.0 Å². The fourth-order valence-corrected chi connectivity index (χ4v) is 1.30. The standard InChI is InChI=1S/C11H8N2O/c1-2-7-13-8-9-5-3-4-6-10(9)12-11(13)14/h1,3-6,8H,7H2. The number of fused-ring (bicyclic) bond motifs is 1. The van der Waals surface area contributed by atoms with Gasteiger partial charge >= 0.3 is 5.69 Å². The molecule has 1 aromatic carbocycles. The molecule has 14 heavy (non-hydrogen) atoms. The van der Waals surface area contributed by atoms with Gasteiger partial charge in [0.15, 0.2) is 0 Å². The number of terminal acetylenes is 1. The minimum absolute atomic E-state index is 0.261. The number of benzene rings is 1. The molecule has 0 amide bonds. The number of hydrogen-bond donors (Lipinski definition) is 0. The van der Waals surface area contributed by atoms with E-state index in [0.717, 1.165) is 5.39 Å². The van der Waals surface area contributed by atoms with Gasteiger partial charge < -0.3 is 0 Å². The molecule has 68 valence electrons. The van der Waals surface area contributed by atoms with E-state index in [4.69, 9.17) is 6.42 Å². The monoisotopic (exact) mass is 184 g/mol. The van der Waals surface area contributed by atoms with Gasteiger partial charge in [0.2, 0.25) is 0 Å². The van der Waals surface area contributed by atoms with E-state index < -0.39 is 0 Å². The molecule has 3 heteroatoms. The molecule has 0 N–H and O–H groups in total. The third-order valence-electron chi connectivity index (χ3n) is 1.96. The van der Waals surface area contributed by atoms with E-state index in [1.54, 1.807) is 12.3 Å². The van der Waals surface area contributed by atoms with Crippen LogP contribution >= 0.6 is 0 Å². The van der Waals surface area contributed by atoms with Crippen LogP contribution < -0.4 is 5.69 Å². The van der Waals surface area contributed by atoms with Crippen molar-refractivity contribution >= 4 is 10.9 Å². The van der Waals surface area contributed by atoms with Gasteiger partial charge in [-0.2, -0.15) is 4.98 Å². The summed E-state index contributed by atoms with van der Waals surface area (Å²) in [4.78, 5) is 15.3. The van der Waals surface area contributed by atoms with Crippen LogP contribution in [0.15, 0.2) is 35.3 Å². The molecule has 0 radical (unpaired) electrons. The molecule has 0 saturated heterocycles. The van der Waals surface area contributed by atoms with Crippen molar-refractivity contribution in [3.05, 3.63) is 40.9 Å². The van der Waals surface area contributed by atoms with Gasteiger partial charge in [-0.25, -0.2) is 4.79 Å². The number of rotatable bonds is 1. The molecule has 0 aliphatic rings. The number of hydrogen-bond acceptors (Lipinski definition) is 2. The predicted octanol–water partition coefficient (Wildman–Crippen LogP) is 1.03. The molecule has 2 aromatic rings. The van der Waals surface area contributed by atoms with Gasteiger partial charge in [-0.05, 0) is 6.07 Å². The highest BCUT2D eigenvalue weighted by Crippen LogP contribution is 2.06. The highest BCUT2D eigenvalue weighted by molar-refractivity contribution is 5.76. The summed E-state index contributed by atoms with van der Waals surface area (Å²) < 4.78 is 1.42. The van der Waals surface area contributed by atoms with Crippen LogP contribution in [0.3, 0.4) is 0 Å². The van der Waals surface area contributed by atoms with Gasteiger partial charge in [0.1, 0.15) is 0 Å². The van der Waals surface area contributed by atoms with Crippen molar-refractivity contribution in [2.75, 3.05) is 0 Å². The van der Waals surface area contributed by atoms with Crippen molar-refractivity contribution in [1.82, 2.24) is 9.55 Å². The fourth-order valence-electron chi connectivity index (χ4n) is 1.30. The molecule has 0 spiro atoms. The maximum absolute atomic E-state index is 11.4. The third-order valence-corrected chi connectivity index (χ3v) is 1.96. The van der Waals surface area contributed by atoms with Gasteiger partial charge in [-0.15, -0.1) is 6.42 Å². The Morgan fingerprint density at radius 1 is 1.43 bits per heavy atom. The van der Waals surface area contributed by atoms with E-state index in [-0.39, 0.29) is 12.2 Å². The lowest BCUT2D eigenvalue weighted by Crippen LogP contribution is -2.21. The Balaban J connectivity index is 2.72. The summed E-state index contributed by atoms with van der Waals surface area (Å²) in [7, 11) is 0. The molecule has 2 rings (SSSR count). The fraction of sp³-hybridized carbons (Fsp3) is 0.0909. The van der Waals surface area contributed by atoms with Gasteiger partial charge in [0, 0.05) is 11.6 Å². The zero-order valence-electron chi connectivity index (χ0n) is 7.47. The summed E-state index contributed by atoms with van der Waals surface area (Å²) in [6.45, 7) is 0.261. The molecule has 1 aromatic heterocycles. The quantitative estimate of drug-likeness (QED) is 0.620. The molecular weight excluding hydrogens is 176 g/mol. The zero-order valence-corrected chi connectivity index (χ0v) is 7.47. The van der Waals surface area contributed by atoms with Gasteiger partial charge in [-0.3, -0.25) is 4.57 Å². The van der Waals surface area contributed by atoms with Crippen LogP contribution in [-0.4, -0.2) is 9.55 Å². The average molecular weight is 184 g/mol. The SMILES string of the molecule is C#CCn1cc2ccccc2nc1=O. The Morgan fingerprint density at radius 2 is 2.21 bits per heavy atom. The molecular formula is C11H8N2O. The first kappa shape index (κ1) is 8.52. The van der Waals surface area contributed by atoms with Gasteiger partial charge in [0.25, 0.3) is 0 Å². The van der Waals surface area contributed by atoms with Gasteiger partial charge in [0.05, 0.1) is 12.1 Å². The number of nitrogens with zero attached hydrogens (tertiary/aromatic N) is 2. The van der Waals surface area contributed by atoms with Crippen LogP contribution in [0.4, 0.5) is 0 Å². The molecule has 0 bridgehead atoms. The van der Waals surface area contributed by atoms with Crippen LogP contribution in [0.1, 0.15) is 0 Å². The van der Waals surface area contributed by atoms with Crippen molar-refractivity contribution in [3.8, 4) is 12.3 Å². The lowest BCUT2D eigenvalue weighted by Gasteiger charge is -2.01. The average Bonchev–Trinajstić information content (AvgIpc) is 2.19. The normalized spacial score (nSPS) is 9.93. The summed E-state index contributed by atoms with van der Waals surface area (Å²) in [5, 5.41) is 0.919. The maximum Gasteiger partial charge on any atom is 0.348 e. The lowest BCUT2D eigenvalue weighted by atomic mass is 10.2. The minimum Gasteiger partial charge on any atom is -0.287 e. The Hall–Kier alpha value is -2.08. The minimum atomic E-state index is -0.304. The van der Waals surface area contributed by atoms with E-state index in [9.17, 15) is 4.79 Å². The molecule has 0 unspecified atom stereocenters. The number of para-hydroxylation sites is 1. The summed E-state index contributed by atoms with van der Waals surface area (Å²) in [6, 6.07) is 7.45. The van der Waals surface area contributed by atoms with Crippen molar-refractivity contribution in [2.45, 2.75) is 6.54 Å². The van der Waals surface area contributed by atoms with Crippen LogP contribution in [0.2, 0.25) is 0 Å². The Bertz CT molecular complexity index is 563. The zero-order chi connectivity index (χ0) is 9.97. The highest BCUT2D eigenvalue weighted by Gasteiger charge is 1.98. The molecule has 0 saturated carbocycles. The van der Waals surface area contributed by atoms with Crippen molar-refractivity contribution in [1.29, 1.82) is 0 Å². The van der Waals surface area contributed by atoms with Crippen LogP contribution in [0.5, 0.6) is 0 Å². The topological polar surface area (TPSA) is 34.9 Å². The van der Waals surface area contributed by atoms with E-state index >= 15 is 0 Å². The van der Waals surface area contributed by atoms with Crippen LogP contribution in [0.25, 0.3) is 10.9 Å². The van der Waals surface area contributed by atoms with Crippen LogP contribution in [-0.2, 0) is 6.54 Å². The highest BCUT2D eigenvalue weighted by atomic mass is 16.1. The second-order valence-corrected chi connectivity index (χ2v) is 2.91. The van der Waals surface area contributed by atoms with Crippen molar-refractivity contribution in [2.24, 2.45) is 0 Å². The molecule has 0 aliphatic heterocycles. The number of aromatic nitrogens is 2. The molecule has 3 nitrogen and oxygen atoms in total. The molecule has 0 fully saturated rings. The predicted molar refractivity (Wildman–Crippen MR) is 54.8 cm³/mol. The third kappa shape index (κ3) is 1.38. The van der Waals surface area contributed by atoms with E-state index in [0.29, 0.717) is 5.52 Å². The summed E-state index contributed by atoms with van der Waals surface area (Å²) in [6.07, 6.45) is 6.86. The first-order valence-electron chi connectivity index (χ1n) is 4.21. The van der Waals surface area contributed by atoms with Crippen LogP contribution in [0, 0.1) is 12.3 Å². The largest absolute Gasteiger partial charge is 0.348 e. The lowest BCUT2D eigenvalue weighted by molar-refractivity contribution is 0.771. The Morgan fingerprint density at radius 3 is 3.00 bits per heavy atom. The molecule has 0 atom stereocenters. The summed E-state index contributed by atoms with van der Waals surface area (Å²) in [5.74, 6) is 2.41. The maximum atomic E-state index is 11.4. The second-order valence-electron chi connectivity index (χ2n) is 2.91. The van der Waals surface area contributed by atoms with E-state index in [2.05, 4.69) is 10.9 Å².